The number of hydrogen-bond acceptors (Lipinski definition) is 4. The third-order valence-corrected chi connectivity index (χ3v) is 2.28. The van der Waals surface area contributed by atoms with Crippen molar-refractivity contribution in [2.24, 2.45) is 0 Å². The smallest absolute Gasteiger partial charge is 0.354 e. The van der Waals surface area contributed by atoms with E-state index in [4.69, 9.17) is 16.3 Å². The molecular weight excluding hydrogens is 242 g/mol. The van der Waals surface area contributed by atoms with Crippen LogP contribution in [0.15, 0.2) is 41.4 Å². The lowest BCUT2D eigenvalue weighted by Crippen LogP contribution is -2.26. The van der Waals surface area contributed by atoms with Crippen molar-refractivity contribution < 1.29 is 14.3 Å². The molecule has 4 nitrogen and oxygen atoms in total. The number of nitrogens with zero attached hydrogens (tertiary/aromatic N) is 1. The second kappa shape index (κ2) is 6.09. The van der Waals surface area contributed by atoms with Crippen LogP contribution in [0.25, 0.3) is 0 Å². The highest BCUT2D eigenvalue weighted by Gasteiger charge is 2.23. The van der Waals surface area contributed by atoms with Gasteiger partial charge >= 0.3 is 5.97 Å². The molecule has 5 heteroatoms. The predicted octanol–water partition coefficient (Wildman–Crippen LogP) is 2.12. The molecule has 1 aliphatic rings. The van der Waals surface area contributed by atoms with Gasteiger partial charge in [0.25, 0.3) is 0 Å². The number of allylic oxidation sites excluding steroid dienone is 3. The highest BCUT2D eigenvalue weighted by Crippen LogP contribution is 2.25. The summed E-state index contributed by atoms with van der Waals surface area (Å²) in [4.78, 5) is 23.5. The monoisotopic (exact) mass is 253 g/mol. The molecule has 0 bridgehead atoms. The third-order valence-electron chi connectivity index (χ3n) is 1.99. The van der Waals surface area contributed by atoms with E-state index in [0.717, 1.165) is 0 Å². The van der Waals surface area contributed by atoms with Crippen LogP contribution in [0.2, 0.25) is 0 Å². The Morgan fingerprint density at radius 3 is 2.94 bits per heavy atom. The molecule has 0 aromatic carbocycles. The Morgan fingerprint density at radius 2 is 2.35 bits per heavy atom. The molecule has 0 saturated heterocycles. The summed E-state index contributed by atoms with van der Waals surface area (Å²) in [5.41, 5.74) is 0.110. The van der Waals surface area contributed by atoms with Gasteiger partial charge in [-0.2, -0.15) is 0 Å². The molecule has 0 aliphatic carbocycles. The Kier molecular flexibility index (Phi) is 4.76. The summed E-state index contributed by atoms with van der Waals surface area (Å²) in [7, 11) is 0. The molecule has 1 heterocycles. The van der Waals surface area contributed by atoms with E-state index in [9.17, 15) is 9.59 Å². The first-order valence-corrected chi connectivity index (χ1v) is 5.44. The first kappa shape index (κ1) is 13.3. The Labute approximate surface area is 104 Å². The zero-order valence-corrected chi connectivity index (χ0v) is 10.2. The minimum absolute atomic E-state index is 0.0117. The lowest BCUT2D eigenvalue weighted by Gasteiger charge is -2.24. The number of rotatable bonds is 4. The number of esters is 1. The molecule has 0 saturated carbocycles. The summed E-state index contributed by atoms with van der Waals surface area (Å²) in [5.74, 6) is 1.08. The van der Waals surface area contributed by atoms with Crippen LogP contribution in [0.5, 0.6) is 0 Å². The van der Waals surface area contributed by atoms with Gasteiger partial charge in [0, 0.05) is 0 Å². The van der Waals surface area contributed by atoms with Gasteiger partial charge in [0.05, 0.1) is 6.61 Å². The molecule has 1 rings (SSSR count). The molecule has 0 radical (unpaired) electrons. The normalized spacial score (nSPS) is 14.1. The van der Waals surface area contributed by atoms with Gasteiger partial charge in [0.1, 0.15) is 16.6 Å². The lowest BCUT2D eigenvalue weighted by molar-refractivity contribution is -0.140. The third kappa shape index (κ3) is 3.09. The summed E-state index contributed by atoms with van der Waals surface area (Å²) >= 11 is 5.90. The molecule has 0 aromatic heterocycles. The number of ether oxygens (including phenoxy) is 1. The maximum atomic E-state index is 11.6. The molecule has 90 valence electrons. The molecule has 17 heavy (non-hydrogen) atoms. The summed E-state index contributed by atoms with van der Waals surface area (Å²) < 4.78 is 4.91. The summed E-state index contributed by atoms with van der Waals surface area (Å²) in [5, 5.41) is 0.198. The van der Waals surface area contributed by atoms with Gasteiger partial charge in [-0.05, 0) is 18.6 Å². The second-order valence-corrected chi connectivity index (χ2v) is 3.64. The molecule has 0 amide bonds. The van der Waals surface area contributed by atoms with Crippen molar-refractivity contribution in [2.75, 3.05) is 6.61 Å². The topological polar surface area (TPSA) is 46.6 Å². The van der Waals surface area contributed by atoms with E-state index >= 15 is 0 Å². The second-order valence-electron chi connectivity index (χ2n) is 3.25. The van der Waals surface area contributed by atoms with Gasteiger partial charge in [-0.15, -0.1) is 0 Å². The fourth-order valence-corrected chi connectivity index (χ4v) is 1.47. The van der Waals surface area contributed by atoms with Crippen LogP contribution in [-0.4, -0.2) is 23.4 Å². The highest BCUT2D eigenvalue weighted by atomic mass is 35.5. The summed E-state index contributed by atoms with van der Waals surface area (Å²) in [6.07, 6.45) is 5.32. The Bertz CT molecular complexity index is 445. The SMILES string of the molecule is C=C(C(=O)OCCC)N1C(=C=O)C=CC=C1Cl. The zero-order valence-electron chi connectivity index (χ0n) is 9.40. The predicted molar refractivity (Wildman–Crippen MR) is 64.5 cm³/mol. The quantitative estimate of drug-likeness (QED) is 0.333. The largest absolute Gasteiger partial charge is 0.461 e. The summed E-state index contributed by atoms with van der Waals surface area (Å²) in [6, 6.07) is 0. The average molecular weight is 254 g/mol. The molecule has 1 aliphatic heterocycles. The van der Waals surface area contributed by atoms with Crippen molar-refractivity contribution in [3.63, 3.8) is 0 Å². The first-order valence-electron chi connectivity index (χ1n) is 5.07. The fraction of sp³-hybridized carbons (Fsp3) is 0.250. The first-order chi connectivity index (χ1) is 8.11. The molecule has 0 atom stereocenters. The van der Waals surface area contributed by atoms with Gasteiger partial charge in [-0.25, -0.2) is 9.59 Å². The van der Waals surface area contributed by atoms with E-state index in [1.165, 1.54) is 11.0 Å². The Morgan fingerprint density at radius 1 is 1.65 bits per heavy atom. The average Bonchev–Trinajstić information content (AvgIpc) is 2.34. The molecule has 0 spiro atoms. The number of halogens is 1. The van der Waals surface area contributed by atoms with Crippen molar-refractivity contribution in [2.45, 2.75) is 13.3 Å². The van der Waals surface area contributed by atoms with Gasteiger partial charge < -0.3 is 4.74 Å². The van der Waals surface area contributed by atoms with Crippen molar-refractivity contribution in [1.29, 1.82) is 0 Å². The maximum Gasteiger partial charge on any atom is 0.354 e. The van der Waals surface area contributed by atoms with Crippen molar-refractivity contribution in [1.82, 2.24) is 4.90 Å². The van der Waals surface area contributed by atoms with Crippen molar-refractivity contribution in [3.05, 3.63) is 41.4 Å². The van der Waals surface area contributed by atoms with E-state index < -0.39 is 5.97 Å². The van der Waals surface area contributed by atoms with E-state index in [1.54, 1.807) is 18.1 Å². The lowest BCUT2D eigenvalue weighted by atomic mass is 10.2. The Balaban J connectivity index is 2.87. The number of hydrogen-bond donors (Lipinski definition) is 0. The van der Waals surface area contributed by atoms with Crippen molar-refractivity contribution in [3.8, 4) is 0 Å². The summed E-state index contributed by atoms with van der Waals surface area (Å²) in [6.45, 7) is 5.75. The van der Waals surface area contributed by atoms with Crippen LogP contribution in [0.1, 0.15) is 13.3 Å². The fourth-order valence-electron chi connectivity index (χ4n) is 1.21. The van der Waals surface area contributed by atoms with Crippen LogP contribution in [-0.2, 0) is 14.3 Å². The van der Waals surface area contributed by atoms with E-state index in [-0.39, 0.29) is 16.6 Å². The standard InChI is InChI=1S/C12H12ClNO3/c1-3-7-17-12(16)9(2)14-10(8-15)5-4-6-11(14)13/h4-6H,2-3,7H2,1H3. The van der Waals surface area contributed by atoms with Gasteiger partial charge in [-0.3, -0.25) is 4.90 Å². The molecule has 0 fully saturated rings. The Hall–Kier alpha value is -1.77. The van der Waals surface area contributed by atoms with Crippen LogP contribution in [0.4, 0.5) is 0 Å². The number of carbonyl (C=O) groups excluding carboxylic acids is 2. The van der Waals surface area contributed by atoms with Crippen molar-refractivity contribution >= 4 is 23.5 Å². The molecule has 0 aromatic rings. The number of carbonyl (C=O) groups is 1. The van der Waals surface area contributed by atoms with Gasteiger partial charge in [0.15, 0.2) is 5.94 Å². The van der Waals surface area contributed by atoms with E-state index in [2.05, 4.69) is 6.58 Å². The maximum absolute atomic E-state index is 11.6. The molecule has 0 N–H and O–H groups in total. The zero-order chi connectivity index (χ0) is 12.8. The minimum Gasteiger partial charge on any atom is -0.461 e. The highest BCUT2D eigenvalue weighted by molar-refractivity contribution is 6.30. The van der Waals surface area contributed by atoms with Crippen LogP contribution in [0.3, 0.4) is 0 Å². The molecular formula is C12H12ClNO3. The van der Waals surface area contributed by atoms with E-state index in [0.29, 0.717) is 13.0 Å². The minimum atomic E-state index is -0.610. The van der Waals surface area contributed by atoms with Crippen LogP contribution < -0.4 is 0 Å². The van der Waals surface area contributed by atoms with Gasteiger partial charge in [0.2, 0.25) is 0 Å². The van der Waals surface area contributed by atoms with E-state index in [1.807, 2.05) is 6.92 Å². The molecule has 0 unspecified atom stereocenters. The van der Waals surface area contributed by atoms with Gasteiger partial charge in [-0.1, -0.05) is 31.2 Å². The van der Waals surface area contributed by atoms with Crippen LogP contribution in [0, 0.1) is 0 Å². The van der Waals surface area contributed by atoms with Crippen LogP contribution >= 0.6 is 11.6 Å².